The number of nitrogens with zero attached hydrogens (tertiary/aromatic N) is 4. The minimum absolute atomic E-state index is 0.115. The predicted molar refractivity (Wildman–Crippen MR) is 101 cm³/mol. The molecule has 1 aromatic heterocycles. The Bertz CT molecular complexity index is 909. The van der Waals surface area contributed by atoms with E-state index in [1.807, 2.05) is 43.3 Å². The number of aryl methyl sites for hydroxylation is 1. The third-order valence-corrected chi connectivity index (χ3v) is 3.99. The van der Waals surface area contributed by atoms with E-state index in [0.29, 0.717) is 30.6 Å². The highest BCUT2D eigenvalue weighted by atomic mass is 16.2. The molecular weight excluding hydrogens is 344 g/mol. The molecule has 2 N–H and O–H groups in total. The average molecular weight is 364 g/mol. The van der Waals surface area contributed by atoms with E-state index in [0.717, 1.165) is 11.3 Å². The number of anilines is 1. The first-order valence-corrected chi connectivity index (χ1v) is 8.60. The molecule has 0 saturated heterocycles. The van der Waals surface area contributed by atoms with Crippen LogP contribution in [0, 0.1) is 6.92 Å². The van der Waals surface area contributed by atoms with Gasteiger partial charge in [-0.25, -0.2) is 4.68 Å². The Hall–Kier alpha value is -3.55. The Labute approximate surface area is 156 Å². The molecule has 0 saturated carbocycles. The van der Waals surface area contributed by atoms with Gasteiger partial charge in [-0.3, -0.25) is 9.59 Å². The minimum atomic E-state index is -0.138. The van der Waals surface area contributed by atoms with Crippen LogP contribution >= 0.6 is 0 Å². The predicted octanol–water partition coefficient (Wildman–Crippen LogP) is 2.12. The van der Waals surface area contributed by atoms with Crippen molar-refractivity contribution < 1.29 is 9.59 Å². The number of amides is 2. The fraction of sp³-hybridized carbons (Fsp3) is 0.211. The van der Waals surface area contributed by atoms with Crippen LogP contribution in [0.15, 0.2) is 54.9 Å². The molecule has 0 aliphatic heterocycles. The van der Waals surface area contributed by atoms with Crippen LogP contribution < -0.4 is 10.6 Å². The number of nitrogens with one attached hydrogen (secondary N) is 2. The lowest BCUT2D eigenvalue weighted by atomic mass is 10.1. The van der Waals surface area contributed by atoms with Crippen LogP contribution in [0.25, 0.3) is 5.69 Å². The first-order valence-electron chi connectivity index (χ1n) is 8.60. The molecule has 2 amide bonds. The molecule has 3 aromatic rings. The zero-order valence-corrected chi connectivity index (χ0v) is 14.9. The van der Waals surface area contributed by atoms with Crippen LogP contribution in [0.1, 0.15) is 28.8 Å². The Balaban J connectivity index is 1.47. The highest BCUT2D eigenvalue weighted by Gasteiger charge is 2.08. The molecule has 0 radical (unpaired) electrons. The Kier molecular flexibility index (Phi) is 5.88. The van der Waals surface area contributed by atoms with E-state index in [2.05, 4.69) is 26.2 Å². The summed E-state index contributed by atoms with van der Waals surface area (Å²) in [6.07, 6.45) is 2.36. The first kappa shape index (κ1) is 18.2. The van der Waals surface area contributed by atoms with Crippen LogP contribution in [-0.4, -0.2) is 38.6 Å². The molecule has 0 aliphatic carbocycles. The molecule has 0 unspecified atom stereocenters. The number of aromatic nitrogens is 4. The summed E-state index contributed by atoms with van der Waals surface area (Å²) in [5.74, 6) is -0.254. The van der Waals surface area contributed by atoms with Crippen molar-refractivity contribution >= 4 is 17.5 Å². The van der Waals surface area contributed by atoms with Crippen molar-refractivity contribution in [3.8, 4) is 5.69 Å². The van der Waals surface area contributed by atoms with Crippen molar-refractivity contribution in [2.24, 2.45) is 0 Å². The van der Waals surface area contributed by atoms with Crippen LogP contribution in [0.5, 0.6) is 0 Å². The van der Waals surface area contributed by atoms with Gasteiger partial charge in [0.25, 0.3) is 5.91 Å². The Morgan fingerprint density at radius 2 is 1.93 bits per heavy atom. The Morgan fingerprint density at radius 1 is 1.11 bits per heavy atom. The van der Waals surface area contributed by atoms with Crippen molar-refractivity contribution in [1.29, 1.82) is 0 Å². The van der Waals surface area contributed by atoms with E-state index in [-0.39, 0.29) is 11.8 Å². The van der Waals surface area contributed by atoms with Crippen LogP contribution in [0.4, 0.5) is 5.69 Å². The number of benzene rings is 2. The SMILES string of the molecule is Cc1ccc(NC(=O)CCCNC(=O)c2ccccc2)cc1-n1cnnn1. The number of tetrazole rings is 1. The summed E-state index contributed by atoms with van der Waals surface area (Å²) in [6.45, 7) is 2.38. The zero-order chi connectivity index (χ0) is 19.1. The Morgan fingerprint density at radius 3 is 2.67 bits per heavy atom. The van der Waals surface area contributed by atoms with E-state index < -0.39 is 0 Å². The van der Waals surface area contributed by atoms with Crippen LogP contribution in [0.3, 0.4) is 0 Å². The third kappa shape index (κ3) is 4.97. The van der Waals surface area contributed by atoms with Gasteiger partial charge in [0.15, 0.2) is 0 Å². The molecule has 0 bridgehead atoms. The maximum atomic E-state index is 12.1. The van der Waals surface area contributed by atoms with Crippen molar-refractivity contribution in [2.45, 2.75) is 19.8 Å². The summed E-state index contributed by atoms with van der Waals surface area (Å²) in [7, 11) is 0. The summed E-state index contributed by atoms with van der Waals surface area (Å²) < 4.78 is 1.55. The molecule has 8 nitrogen and oxygen atoms in total. The van der Waals surface area contributed by atoms with Gasteiger partial charge in [0.1, 0.15) is 6.33 Å². The van der Waals surface area contributed by atoms with Gasteiger partial charge < -0.3 is 10.6 Å². The molecule has 0 atom stereocenters. The molecule has 2 aromatic carbocycles. The van der Waals surface area contributed by atoms with Crippen molar-refractivity contribution in [1.82, 2.24) is 25.5 Å². The lowest BCUT2D eigenvalue weighted by molar-refractivity contribution is -0.116. The monoisotopic (exact) mass is 364 g/mol. The highest BCUT2D eigenvalue weighted by molar-refractivity contribution is 5.94. The number of carbonyl (C=O) groups excluding carboxylic acids is 2. The van der Waals surface area contributed by atoms with Gasteiger partial charge in [0, 0.05) is 24.2 Å². The molecule has 8 heteroatoms. The van der Waals surface area contributed by atoms with E-state index in [4.69, 9.17) is 0 Å². The second kappa shape index (κ2) is 8.70. The lowest BCUT2D eigenvalue weighted by Gasteiger charge is -2.10. The maximum Gasteiger partial charge on any atom is 0.251 e. The molecule has 3 rings (SSSR count). The van der Waals surface area contributed by atoms with Crippen molar-refractivity contribution in [3.05, 3.63) is 66.0 Å². The second-order valence-corrected chi connectivity index (χ2v) is 6.03. The number of carbonyl (C=O) groups is 2. The van der Waals surface area contributed by atoms with Crippen molar-refractivity contribution in [3.63, 3.8) is 0 Å². The molecule has 1 heterocycles. The number of hydrogen-bond donors (Lipinski definition) is 2. The quantitative estimate of drug-likeness (QED) is 0.625. The fourth-order valence-electron chi connectivity index (χ4n) is 2.57. The summed E-state index contributed by atoms with van der Waals surface area (Å²) in [5, 5.41) is 16.8. The molecular formula is C19H20N6O2. The average Bonchev–Trinajstić information content (AvgIpc) is 3.22. The van der Waals surface area contributed by atoms with E-state index in [9.17, 15) is 9.59 Å². The zero-order valence-electron chi connectivity index (χ0n) is 14.9. The third-order valence-electron chi connectivity index (χ3n) is 3.99. The second-order valence-electron chi connectivity index (χ2n) is 6.03. The fourth-order valence-corrected chi connectivity index (χ4v) is 2.57. The van der Waals surface area contributed by atoms with E-state index in [1.54, 1.807) is 16.8 Å². The largest absolute Gasteiger partial charge is 0.352 e. The van der Waals surface area contributed by atoms with Gasteiger partial charge in [-0.1, -0.05) is 24.3 Å². The van der Waals surface area contributed by atoms with Crippen LogP contribution in [-0.2, 0) is 4.79 Å². The normalized spacial score (nSPS) is 10.4. The maximum absolute atomic E-state index is 12.1. The summed E-state index contributed by atoms with van der Waals surface area (Å²) in [4.78, 5) is 24.1. The first-order chi connectivity index (χ1) is 13.1. The van der Waals surface area contributed by atoms with Gasteiger partial charge in [0.2, 0.25) is 5.91 Å². The summed E-state index contributed by atoms with van der Waals surface area (Å²) in [6, 6.07) is 14.5. The van der Waals surface area contributed by atoms with Gasteiger partial charge in [-0.05, 0) is 53.6 Å². The molecule has 0 fully saturated rings. The van der Waals surface area contributed by atoms with Gasteiger partial charge in [-0.2, -0.15) is 0 Å². The molecule has 138 valence electrons. The standard InChI is InChI=1S/C19H20N6O2/c1-14-9-10-16(12-17(14)25-13-21-23-24-25)22-18(26)8-5-11-20-19(27)15-6-3-2-4-7-15/h2-4,6-7,9-10,12-13H,5,8,11H2,1H3,(H,20,27)(H,22,26). The topological polar surface area (TPSA) is 102 Å². The van der Waals surface area contributed by atoms with E-state index >= 15 is 0 Å². The van der Waals surface area contributed by atoms with Gasteiger partial charge in [-0.15, -0.1) is 5.10 Å². The minimum Gasteiger partial charge on any atom is -0.352 e. The van der Waals surface area contributed by atoms with Gasteiger partial charge >= 0.3 is 0 Å². The smallest absolute Gasteiger partial charge is 0.251 e. The van der Waals surface area contributed by atoms with Gasteiger partial charge in [0.05, 0.1) is 5.69 Å². The molecule has 0 aliphatic rings. The summed E-state index contributed by atoms with van der Waals surface area (Å²) in [5.41, 5.74) is 3.07. The molecule has 0 spiro atoms. The van der Waals surface area contributed by atoms with Crippen molar-refractivity contribution in [2.75, 3.05) is 11.9 Å². The number of rotatable bonds is 7. The number of hydrogen-bond acceptors (Lipinski definition) is 5. The van der Waals surface area contributed by atoms with E-state index in [1.165, 1.54) is 6.33 Å². The lowest BCUT2D eigenvalue weighted by Crippen LogP contribution is -2.25. The van der Waals surface area contributed by atoms with Crippen LogP contribution in [0.2, 0.25) is 0 Å². The highest BCUT2D eigenvalue weighted by Crippen LogP contribution is 2.18. The molecule has 27 heavy (non-hydrogen) atoms. The summed E-state index contributed by atoms with van der Waals surface area (Å²) >= 11 is 0.